The van der Waals surface area contributed by atoms with Gasteiger partial charge in [-0.3, -0.25) is 0 Å². The van der Waals surface area contributed by atoms with Crippen molar-refractivity contribution in [1.29, 1.82) is 0 Å². The molecular weight excluding hydrogens is 740 g/mol. The van der Waals surface area contributed by atoms with E-state index in [1.807, 2.05) is 24.4 Å². The van der Waals surface area contributed by atoms with Gasteiger partial charge in [0.2, 0.25) is 0 Å². The van der Waals surface area contributed by atoms with E-state index in [1.165, 1.54) is 55.4 Å². The summed E-state index contributed by atoms with van der Waals surface area (Å²) >= 11 is 2.65. The molecule has 8 heteroatoms. The van der Waals surface area contributed by atoms with E-state index in [2.05, 4.69) is 36.6 Å². The predicted molar refractivity (Wildman–Crippen MR) is 120 cm³/mol. The van der Waals surface area contributed by atoms with Crippen molar-refractivity contribution in [3.8, 4) is 0 Å². The van der Waals surface area contributed by atoms with Crippen LogP contribution in [0.15, 0.2) is 42.3 Å². The Balaban J connectivity index is 1.30. The van der Waals surface area contributed by atoms with Gasteiger partial charge in [0.15, 0.2) is 0 Å². The zero-order valence-corrected chi connectivity index (χ0v) is 23.6. The van der Waals surface area contributed by atoms with Crippen LogP contribution < -0.4 is 10.6 Å². The van der Waals surface area contributed by atoms with Crippen LogP contribution in [0.1, 0.15) is 60.8 Å². The maximum absolute atomic E-state index is 6.30. The molecule has 0 aromatic carbocycles. The Morgan fingerprint density at radius 3 is 2.03 bits per heavy atom. The fourth-order valence-corrected chi connectivity index (χ4v) is 4.93. The molecule has 2 aromatic heterocycles. The third-order valence-corrected chi connectivity index (χ3v) is 8.28. The van der Waals surface area contributed by atoms with E-state index >= 15 is 0 Å². The Morgan fingerprint density at radius 1 is 0.844 bits per heavy atom. The van der Waals surface area contributed by atoms with E-state index in [1.54, 1.807) is 6.20 Å². The molecule has 4 N–H and O–H groups in total. The minimum atomic E-state index is 0.300. The van der Waals surface area contributed by atoms with E-state index < -0.39 is 0 Å². The molecule has 2 aliphatic heterocycles. The second kappa shape index (κ2) is 11.0. The van der Waals surface area contributed by atoms with Crippen molar-refractivity contribution in [2.24, 2.45) is 0 Å². The molecule has 2 atom stereocenters. The van der Waals surface area contributed by atoms with Crippen molar-refractivity contribution < 1.29 is 38.7 Å². The van der Waals surface area contributed by atoms with Gasteiger partial charge in [0.05, 0.1) is 0 Å². The summed E-state index contributed by atoms with van der Waals surface area (Å²) in [5.74, 6) is 1.97. The molecule has 0 saturated carbocycles. The van der Waals surface area contributed by atoms with E-state index in [0.717, 1.165) is 58.4 Å². The third-order valence-electron chi connectivity index (χ3n) is 5.66. The summed E-state index contributed by atoms with van der Waals surface area (Å²) in [5.41, 5.74) is 3.27. The molecule has 0 amide bonds. The molecular formula is C24H26N6W2-2. The van der Waals surface area contributed by atoms with Gasteiger partial charge in [0.25, 0.3) is 0 Å². The fourth-order valence-electron chi connectivity index (χ4n) is 3.82. The molecule has 2 aromatic rings. The van der Waals surface area contributed by atoms with E-state index in [-0.39, 0.29) is 0 Å². The summed E-state index contributed by atoms with van der Waals surface area (Å²) in [6.45, 7) is 14.7. The van der Waals surface area contributed by atoms with Crippen molar-refractivity contribution in [1.82, 2.24) is 30.6 Å². The normalized spacial score (nSPS) is 21.0. The van der Waals surface area contributed by atoms with E-state index in [4.69, 9.17) is 13.2 Å². The summed E-state index contributed by atoms with van der Waals surface area (Å²) in [7, 11) is 0. The number of hydrogen-bond donors (Lipinski definition) is 4. The fraction of sp³-hybridized carbons (Fsp3) is 0.333. The average Bonchev–Trinajstić information content (AvgIpc) is 3.59. The number of aromatic nitrogens is 4. The molecule has 6 nitrogen and oxygen atoms in total. The topological polar surface area (TPSA) is 81.4 Å². The first-order valence-electron chi connectivity index (χ1n) is 10.8. The van der Waals surface area contributed by atoms with E-state index in [9.17, 15) is 0 Å². The van der Waals surface area contributed by atoms with Gasteiger partial charge in [-0.2, -0.15) is 0 Å². The molecule has 0 spiro atoms. The monoisotopic (exact) mass is 766 g/mol. The number of nitrogens with one attached hydrogen (secondary N) is 4. The van der Waals surface area contributed by atoms with Crippen molar-refractivity contribution >= 4 is 13.4 Å². The van der Waals surface area contributed by atoms with Gasteiger partial charge >= 0.3 is 212 Å². The van der Waals surface area contributed by atoms with Gasteiger partial charge in [-0.1, -0.05) is 0 Å². The van der Waals surface area contributed by atoms with Crippen molar-refractivity contribution in [3.05, 3.63) is 78.5 Å². The van der Waals surface area contributed by atoms with Gasteiger partial charge in [-0.05, 0) is 0 Å². The minimum absolute atomic E-state index is 0.300. The van der Waals surface area contributed by atoms with Crippen LogP contribution in [0.25, 0.3) is 5.57 Å². The maximum atomic E-state index is 6.30. The number of nitrogens with zero attached hydrogens (tertiary/aromatic N) is 2. The Labute approximate surface area is 211 Å². The standard InChI is InChI=1S/C24H26N6.2W/c1-17(8-4-10-19-15-27-23(29-19)20-11-5-13-25-20)7-3-9-18(2)22-16-28-24(30-22)21-12-6-14-26-21;;/h1-4,8-9,15-16,20-21,25-26H,5-6,11-14H2,(H,27,29)(H,28,30);;/q-2;;/b8-4-,9-3-;;. The van der Waals surface area contributed by atoms with Gasteiger partial charge < -0.3 is 0 Å². The molecule has 2 saturated heterocycles. The second-order valence-electron chi connectivity index (χ2n) is 7.97. The summed E-state index contributed by atoms with van der Waals surface area (Å²) in [5, 5.41) is 6.91. The van der Waals surface area contributed by atoms with Crippen molar-refractivity contribution in [2.75, 3.05) is 13.1 Å². The Kier molecular flexibility index (Phi) is 8.12. The molecule has 0 radical (unpaired) electrons. The van der Waals surface area contributed by atoms with E-state index in [0.29, 0.717) is 17.7 Å². The summed E-state index contributed by atoms with van der Waals surface area (Å²) in [6, 6.07) is 0.646. The first-order chi connectivity index (χ1) is 15.5. The zero-order chi connectivity index (χ0) is 22.5. The van der Waals surface area contributed by atoms with Crippen molar-refractivity contribution in [2.45, 2.75) is 37.8 Å². The SMILES string of the molecule is [CH-]=C(/C=C\[C](=[W])c1cnc(C2CCCN2)[nH]1)[C](=[W])/C=C\C(=[CH-])c1cnc(C2CCCN2)[nH]1. The first kappa shape index (κ1) is 23.6. The van der Waals surface area contributed by atoms with Gasteiger partial charge in [-0.15, -0.1) is 0 Å². The van der Waals surface area contributed by atoms with Crippen LogP contribution >= 0.6 is 0 Å². The zero-order valence-electron chi connectivity index (χ0n) is 17.7. The van der Waals surface area contributed by atoms with Gasteiger partial charge in [0.1, 0.15) is 0 Å². The quantitative estimate of drug-likeness (QED) is 0.234. The van der Waals surface area contributed by atoms with Crippen LogP contribution in [0.4, 0.5) is 0 Å². The molecule has 2 aliphatic rings. The average molecular weight is 766 g/mol. The summed E-state index contributed by atoms with van der Waals surface area (Å²) < 4.78 is 2.21. The molecule has 2 fully saturated rings. The van der Waals surface area contributed by atoms with Crippen LogP contribution in [0, 0.1) is 13.2 Å². The number of hydrogen-bond acceptors (Lipinski definition) is 4. The van der Waals surface area contributed by atoms with Gasteiger partial charge in [0, 0.05) is 0 Å². The first-order valence-corrected chi connectivity index (χ1v) is 13.7. The molecule has 2 unspecified atom stereocenters. The Morgan fingerprint density at radius 2 is 1.44 bits per heavy atom. The number of H-pyrrole nitrogens is 2. The van der Waals surface area contributed by atoms with Crippen LogP contribution in [0.5, 0.6) is 0 Å². The van der Waals surface area contributed by atoms with Crippen LogP contribution in [0.3, 0.4) is 0 Å². The second-order valence-corrected chi connectivity index (χ2v) is 11.1. The van der Waals surface area contributed by atoms with Crippen molar-refractivity contribution in [3.63, 3.8) is 0 Å². The predicted octanol–water partition coefficient (Wildman–Crippen LogP) is 2.76. The number of allylic oxidation sites excluding steroid dienone is 6. The molecule has 166 valence electrons. The number of rotatable bonds is 9. The Hall–Kier alpha value is -1.58. The van der Waals surface area contributed by atoms with Crippen LogP contribution in [-0.4, -0.2) is 40.8 Å². The third kappa shape index (κ3) is 5.85. The molecule has 4 rings (SSSR count). The Bertz CT molecular complexity index is 991. The molecule has 4 heterocycles. The number of imidazole rings is 2. The molecule has 0 bridgehead atoms. The molecule has 32 heavy (non-hydrogen) atoms. The summed E-state index contributed by atoms with van der Waals surface area (Å²) in [6.07, 6.45) is 16.2. The number of aromatic amines is 2. The van der Waals surface area contributed by atoms with Crippen LogP contribution in [-0.2, 0) is 38.7 Å². The molecule has 0 aliphatic carbocycles. The van der Waals surface area contributed by atoms with Gasteiger partial charge in [-0.25, -0.2) is 0 Å². The van der Waals surface area contributed by atoms with Crippen LogP contribution in [0.2, 0.25) is 0 Å². The summed E-state index contributed by atoms with van der Waals surface area (Å²) in [4.78, 5) is 15.8.